The van der Waals surface area contributed by atoms with Crippen molar-refractivity contribution in [3.05, 3.63) is 63.1 Å². The molecule has 2 aromatic rings. The van der Waals surface area contributed by atoms with Gasteiger partial charge in [0.05, 0.1) is 11.3 Å². The zero-order valence-electron chi connectivity index (χ0n) is 11.6. The summed E-state index contributed by atoms with van der Waals surface area (Å²) in [5, 5.41) is 11.8. The van der Waals surface area contributed by atoms with Crippen molar-refractivity contribution >= 4 is 33.5 Å². The topological polar surface area (TPSA) is 66.4 Å². The number of benzene rings is 2. The average molecular weight is 348 g/mol. The van der Waals surface area contributed by atoms with Crippen molar-refractivity contribution in [2.45, 2.75) is 13.8 Å². The zero-order valence-corrected chi connectivity index (χ0v) is 13.2. The molecule has 2 rings (SSSR count). The highest BCUT2D eigenvalue weighted by molar-refractivity contribution is 9.10. The van der Waals surface area contributed by atoms with Gasteiger partial charge in [-0.05, 0) is 49.2 Å². The molecule has 21 heavy (non-hydrogen) atoms. The summed E-state index contributed by atoms with van der Waals surface area (Å²) in [5.41, 5.74) is 2.74. The molecule has 0 radical (unpaired) electrons. The molecule has 2 N–H and O–H groups in total. The molecule has 0 aromatic heterocycles. The van der Waals surface area contributed by atoms with Crippen molar-refractivity contribution in [1.82, 2.24) is 0 Å². The molecule has 0 bridgehead atoms. The van der Waals surface area contributed by atoms with Crippen LogP contribution in [0.3, 0.4) is 0 Å². The van der Waals surface area contributed by atoms with E-state index in [1.807, 2.05) is 19.9 Å². The third kappa shape index (κ3) is 3.31. The summed E-state index contributed by atoms with van der Waals surface area (Å²) in [7, 11) is 0. The number of rotatable bonds is 3. The Hall–Kier alpha value is -2.14. The molecule has 4 nitrogen and oxygen atoms in total. The maximum absolute atomic E-state index is 12.4. The number of carbonyl (C=O) groups is 2. The van der Waals surface area contributed by atoms with E-state index in [1.54, 1.807) is 24.3 Å². The molecule has 0 aliphatic carbocycles. The molecule has 0 fully saturated rings. The number of aromatic carboxylic acids is 1. The molecule has 0 aliphatic rings. The van der Waals surface area contributed by atoms with Crippen molar-refractivity contribution in [3.63, 3.8) is 0 Å². The Bertz CT molecular complexity index is 725. The number of nitrogens with one attached hydrogen (secondary N) is 1. The molecule has 0 unspecified atom stereocenters. The predicted molar refractivity (Wildman–Crippen MR) is 85.0 cm³/mol. The van der Waals surface area contributed by atoms with E-state index in [4.69, 9.17) is 0 Å². The standard InChI is InChI=1S/C16H14BrNO3/c1-9-4-3-5-12(10(9)2)15(19)18-14-8-11(17)6-7-13(14)16(20)21/h3-8H,1-2H3,(H,18,19)(H,20,21). The number of halogens is 1. The summed E-state index contributed by atoms with van der Waals surface area (Å²) in [6.45, 7) is 3.79. The van der Waals surface area contributed by atoms with Crippen molar-refractivity contribution in [2.24, 2.45) is 0 Å². The lowest BCUT2D eigenvalue weighted by Crippen LogP contribution is -2.16. The van der Waals surface area contributed by atoms with E-state index in [9.17, 15) is 14.7 Å². The molecule has 0 saturated carbocycles. The summed E-state index contributed by atoms with van der Waals surface area (Å²) in [4.78, 5) is 23.6. The van der Waals surface area contributed by atoms with Gasteiger partial charge in [0, 0.05) is 10.0 Å². The van der Waals surface area contributed by atoms with Crippen LogP contribution in [-0.2, 0) is 0 Å². The van der Waals surface area contributed by atoms with E-state index >= 15 is 0 Å². The van der Waals surface area contributed by atoms with Gasteiger partial charge in [-0.3, -0.25) is 4.79 Å². The fourth-order valence-electron chi connectivity index (χ4n) is 1.99. The van der Waals surface area contributed by atoms with Gasteiger partial charge in [0.15, 0.2) is 0 Å². The Labute approximate surface area is 130 Å². The molecular formula is C16H14BrNO3. The quantitative estimate of drug-likeness (QED) is 0.881. The smallest absolute Gasteiger partial charge is 0.337 e. The van der Waals surface area contributed by atoms with Crippen LogP contribution < -0.4 is 5.32 Å². The van der Waals surface area contributed by atoms with Crippen molar-refractivity contribution in [2.75, 3.05) is 5.32 Å². The number of anilines is 1. The number of aryl methyl sites for hydroxylation is 1. The molecule has 5 heteroatoms. The number of amides is 1. The van der Waals surface area contributed by atoms with Gasteiger partial charge in [0.25, 0.3) is 5.91 Å². The van der Waals surface area contributed by atoms with Gasteiger partial charge in [-0.2, -0.15) is 0 Å². The van der Waals surface area contributed by atoms with Crippen LogP contribution >= 0.6 is 15.9 Å². The van der Waals surface area contributed by atoms with Crippen LogP contribution in [0.5, 0.6) is 0 Å². The van der Waals surface area contributed by atoms with E-state index in [1.165, 1.54) is 6.07 Å². The van der Waals surface area contributed by atoms with Crippen LogP contribution in [0, 0.1) is 13.8 Å². The van der Waals surface area contributed by atoms with Crippen LogP contribution in [0.2, 0.25) is 0 Å². The first-order valence-corrected chi connectivity index (χ1v) is 7.10. The van der Waals surface area contributed by atoms with Crippen molar-refractivity contribution in [3.8, 4) is 0 Å². The second-order valence-electron chi connectivity index (χ2n) is 4.70. The minimum atomic E-state index is -1.08. The molecular weight excluding hydrogens is 334 g/mol. The van der Waals surface area contributed by atoms with Gasteiger partial charge in [-0.25, -0.2) is 4.79 Å². The van der Waals surface area contributed by atoms with Crippen LogP contribution in [0.4, 0.5) is 5.69 Å². The second kappa shape index (κ2) is 6.10. The predicted octanol–water partition coefficient (Wildman–Crippen LogP) is 4.02. The summed E-state index contributed by atoms with van der Waals surface area (Å²) >= 11 is 3.27. The first-order chi connectivity index (χ1) is 9.90. The monoisotopic (exact) mass is 347 g/mol. The van der Waals surface area contributed by atoms with E-state index in [-0.39, 0.29) is 17.2 Å². The third-order valence-corrected chi connectivity index (χ3v) is 3.80. The first-order valence-electron chi connectivity index (χ1n) is 6.30. The van der Waals surface area contributed by atoms with Gasteiger partial charge >= 0.3 is 5.97 Å². The van der Waals surface area contributed by atoms with E-state index in [0.29, 0.717) is 10.0 Å². The van der Waals surface area contributed by atoms with Crippen LogP contribution in [0.25, 0.3) is 0 Å². The molecule has 0 aliphatic heterocycles. The third-order valence-electron chi connectivity index (χ3n) is 3.31. The lowest BCUT2D eigenvalue weighted by atomic mass is 10.0. The number of carboxylic acids is 1. The molecule has 0 atom stereocenters. The van der Waals surface area contributed by atoms with Crippen LogP contribution in [0.1, 0.15) is 31.8 Å². The van der Waals surface area contributed by atoms with Gasteiger partial charge in [0.2, 0.25) is 0 Å². The Kier molecular flexibility index (Phi) is 4.43. The minimum Gasteiger partial charge on any atom is -0.478 e. The van der Waals surface area contributed by atoms with Gasteiger partial charge < -0.3 is 10.4 Å². The number of hydrogen-bond acceptors (Lipinski definition) is 2. The Balaban J connectivity index is 2.38. The molecule has 1 amide bonds. The highest BCUT2D eigenvalue weighted by Gasteiger charge is 2.15. The molecule has 0 heterocycles. The van der Waals surface area contributed by atoms with Crippen LogP contribution in [-0.4, -0.2) is 17.0 Å². The fourth-order valence-corrected chi connectivity index (χ4v) is 2.35. The first kappa shape index (κ1) is 15.3. The largest absolute Gasteiger partial charge is 0.478 e. The van der Waals surface area contributed by atoms with Crippen molar-refractivity contribution in [1.29, 1.82) is 0 Å². The number of hydrogen-bond donors (Lipinski definition) is 2. The van der Waals surface area contributed by atoms with E-state index < -0.39 is 5.97 Å². The molecule has 0 spiro atoms. The lowest BCUT2D eigenvalue weighted by molar-refractivity contribution is 0.0698. The maximum Gasteiger partial charge on any atom is 0.337 e. The summed E-state index contributed by atoms with van der Waals surface area (Å²) in [6, 6.07) is 10.1. The molecule has 108 valence electrons. The number of carboxylic acid groups (broad SMARTS) is 1. The Morgan fingerprint density at radius 2 is 1.81 bits per heavy atom. The number of carbonyl (C=O) groups excluding carboxylic acids is 1. The van der Waals surface area contributed by atoms with Gasteiger partial charge in [0.1, 0.15) is 0 Å². The van der Waals surface area contributed by atoms with Crippen molar-refractivity contribution < 1.29 is 14.7 Å². The minimum absolute atomic E-state index is 0.0526. The lowest BCUT2D eigenvalue weighted by Gasteiger charge is -2.11. The SMILES string of the molecule is Cc1cccc(C(=O)Nc2cc(Br)ccc2C(=O)O)c1C. The highest BCUT2D eigenvalue weighted by Crippen LogP contribution is 2.23. The van der Waals surface area contributed by atoms with Gasteiger partial charge in [-0.15, -0.1) is 0 Å². The maximum atomic E-state index is 12.4. The fraction of sp³-hybridized carbons (Fsp3) is 0.125. The van der Waals surface area contributed by atoms with Gasteiger partial charge in [-0.1, -0.05) is 28.1 Å². The molecule has 0 saturated heterocycles. The second-order valence-corrected chi connectivity index (χ2v) is 5.61. The van der Waals surface area contributed by atoms with E-state index in [0.717, 1.165) is 11.1 Å². The van der Waals surface area contributed by atoms with E-state index in [2.05, 4.69) is 21.2 Å². The highest BCUT2D eigenvalue weighted by atomic mass is 79.9. The Morgan fingerprint density at radius 1 is 1.10 bits per heavy atom. The summed E-state index contributed by atoms with van der Waals surface area (Å²) in [6.07, 6.45) is 0. The molecule has 2 aromatic carbocycles. The summed E-state index contributed by atoms with van der Waals surface area (Å²) < 4.78 is 0.698. The summed E-state index contributed by atoms with van der Waals surface area (Å²) in [5.74, 6) is -1.41. The normalized spacial score (nSPS) is 10.2. The average Bonchev–Trinajstić information content (AvgIpc) is 2.41. The van der Waals surface area contributed by atoms with Crippen LogP contribution in [0.15, 0.2) is 40.9 Å². The zero-order chi connectivity index (χ0) is 15.6. The Morgan fingerprint density at radius 3 is 2.48 bits per heavy atom.